The van der Waals surface area contributed by atoms with Crippen molar-refractivity contribution in [2.24, 2.45) is 11.8 Å². The van der Waals surface area contributed by atoms with Gasteiger partial charge in [0.2, 0.25) is 0 Å². The topological polar surface area (TPSA) is 43.4 Å². The van der Waals surface area contributed by atoms with Gasteiger partial charge < -0.3 is 8.83 Å². The lowest BCUT2D eigenvalue weighted by Crippen LogP contribution is -2.26. The highest BCUT2D eigenvalue weighted by molar-refractivity contribution is 5.84. The Morgan fingerprint density at radius 1 is 0.773 bits per heavy atom. The Morgan fingerprint density at radius 3 is 1.41 bits per heavy atom. The molecule has 0 aromatic carbocycles. The van der Waals surface area contributed by atoms with Gasteiger partial charge in [0.25, 0.3) is 0 Å². The number of furan rings is 2. The van der Waals surface area contributed by atoms with Gasteiger partial charge in [-0.25, -0.2) is 0 Å². The number of ketones is 1. The number of Topliss-reactive ketones (excluding diaryl/α,β-unsaturated/α-hetero) is 1. The van der Waals surface area contributed by atoms with Crippen molar-refractivity contribution in [1.82, 2.24) is 0 Å². The second-order valence-electron chi connectivity index (χ2n) is 6.45. The highest BCUT2D eigenvalue weighted by Crippen LogP contribution is 2.33. The SMILES string of the molecule is Cc1ccc(C(C)C(C)C(=O)C(C)C(C)c2ccc(C)o2)o1. The molecular formula is C19H26O3. The van der Waals surface area contributed by atoms with Crippen molar-refractivity contribution in [3.05, 3.63) is 47.3 Å². The predicted molar refractivity (Wildman–Crippen MR) is 87.1 cm³/mol. The summed E-state index contributed by atoms with van der Waals surface area (Å²) < 4.78 is 11.3. The number of hydrogen-bond donors (Lipinski definition) is 0. The van der Waals surface area contributed by atoms with Crippen molar-refractivity contribution in [3.8, 4) is 0 Å². The lowest BCUT2D eigenvalue weighted by molar-refractivity contribution is -0.127. The number of carbonyl (C=O) groups excluding carboxylic acids is 1. The maximum Gasteiger partial charge on any atom is 0.139 e. The van der Waals surface area contributed by atoms with Crippen LogP contribution >= 0.6 is 0 Å². The van der Waals surface area contributed by atoms with Gasteiger partial charge in [-0.1, -0.05) is 27.7 Å². The highest BCUT2D eigenvalue weighted by atomic mass is 16.3. The minimum absolute atomic E-state index is 0.0780. The minimum Gasteiger partial charge on any atom is -0.466 e. The van der Waals surface area contributed by atoms with Crippen LogP contribution in [0.15, 0.2) is 33.1 Å². The average Bonchev–Trinajstić information content (AvgIpc) is 3.12. The van der Waals surface area contributed by atoms with Crippen LogP contribution in [0.25, 0.3) is 0 Å². The first kappa shape index (κ1) is 16.6. The van der Waals surface area contributed by atoms with Gasteiger partial charge >= 0.3 is 0 Å². The molecule has 0 aliphatic rings. The van der Waals surface area contributed by atoms with E-state index in [4.69, 9.17) is 8.83 Å². The third kappa shape index (κ3) is 3.34. The Labute approximate surface area is 132 Å². The zero-order chi connectivity index (χ0) is 16.4. The normalized spacial score (nSPS) is 17.0. The summed E-state index contributed by atoms with van der Waals surface area (Å²) in [6.45, 7) is 11.9. The van der Waals surface area contributed by atoms with E-state index in [2.05, 4.69) is 13.8 Å². The molecule has 3 heteroatoms. The van der Waals surface area contributed by atoms with Gasteiger partial charge in [-0.05, 0) is 38.1 Å². The molecule has 2 aromatic rings. The van der Waals surface area contributed by atoms with Gasteiger partial charge in [0.1, 0.15) is 28.8 Å². The van der Waals surface area contributed by atoms with E-state index < -0.39 is 0 Å². The predicted octanol–water partition coefficient (Wildman–Crippen LogP) is 5.24. The molecule has 4 unspecified atom stereocenters. The van der Waals surface area contributed by atoms with Crippen LogP contribution in [0.1, 0.15) is 62.6 Å². The van der Waals surface area contributed by atoms with Crippen LogP contribution in [0.5, 0.6) is 0 Å². The Morgan fingerprint density at radius 2 is 1.14 bits per heavy atom. The summed E-state index contributed by atoms with van der Waals surface area (Å²) in [6, 6.07) is 7.82. The molecule has 2 heterocycles. The maximum atomic E-state index is 12.8. The molecule has 0 bridgehead atoms. The molecule has 0 amide bonds. The summed E-state index contributed by atoms with van der Waals surface area (Å²) in [4.78, 5) is 12.8. The molecular weight excluding hydrogens is 276 g/mol. The molecule has 0 spiro atoms. The molecule has 3 nitrogen and oxygen atoms in total. The van der Waals surface area contributed by atoms with Gasteiger partial charge in [-0.2, -0.15) is 0 Å². The zero-order valence-electron chi connectivity index (χ0n) is 14.3. The fourth-order valence-electron chi connectivity index (χ4n) is 2.80. The average molecular weight is 302 g/mol. The fraction of sp³-hybridized carbons (Fsp3) is 0.526. The number of hydrogen-bond acceptors (Lipinski definition) is 3. The molecule has 120 valence electrons. The Bertz CT molecular complexity index is 580. The largest absolute Gasteiger partial charge is 0.466 e. The Hall–Kier alpha value is -1.77. The summed E-state index contributed by atoms with van der Waals surface area (Å²) in [6.07, 6.45) is 0. The number of carbonyl (C=O) groups is 1. The Balaban J connectivity index is 2.09. The molecule has 4 atom stereocenters. The van der Waals surface area contributed by atoms with Crippen molar-refractivity contribution in [2.75, 3.05) is 0 Å². The van der Waals surface area contributed by atoms with Crippen molar-refractivity contribution in [1.29, 1.82) is 0 Å². The quantitative estimate of drug-likeness (QED) is 0.733. The minimum atomic E-state index is -0.0842. The lowest BCUT2D eigenvalue weighted by atomic mass is 9.79. The molecule has 2 aromatic heterocycles. The van der Waals surface area contributed by atoms with Crippen LogP contribution in [0.2, 0.25) is 0 Å². The number of aryl methyl sites for hydroxylation is 2. The second-order valence-corrected chi connectivity index (χ2v) is 6.45. The van der Waals surface area contributed by atoms with Crippen LogP contribution in [0, 0.1) is 25.7 Å². The van der Waals surface area contributed by atoms with E-state index in [1.54, 1.807) is 0 Å². The van der Waals surface area contributed by atoms with E-state index in [1.165, 1.54) is 0 Å². The zero-order valence-corrected chi connectivity index (χ0v) is 14.3. The third-order valence-electron chi connectivity index (χ3n) is 4.82. The fourth-order valence-corrected chi connectivity index (χ4v) is 2.80. The summed E-state index contributed by atoms with van der Waals surface area (Å²) in [5.41, 5.74) is 0. The van der Waals surface area contributed by atoms with E-state index >= 15 is 0 Å². The van der Waals surface area contributed by atoms with E-state index in [-0.39, 0.29) is 29.5 Å². The van der Waals surface area contributed by atoms with Gasteiger partial charge in [-0.3, -0.25) is 4.79 Å². The summed E-state index contributed by atoms with van der Waals surface area (Å²) in [5, 5.41) is 0. The molecule has 0 radical (unpaired) electrons. The van der Waals surface area contributed by atoms with Crippen LogP contribution in [-0.4, -0.2) is 5.78 Å². The number of rotatable bonds is 6. The van der Waals surface area contributed by atoms with Crippen molar-refractivity contribution in [3.63, 3.8) is 0 Å². The molecule has 0 N–H and O–H groups in total. The summed E-state index contributed by atoms with van der Waals surface area (Å²) >= 11 is 0. The van der Waals surface area contributed by atoms with E-state index in [9.17, 15) is 4.79 Å². The van der Waals surface area contributed by atoms with Crippen molar-refractivity contribution < 1.29 is 13.6 Å². The van der Waals surface area contributed by atoms with Crippen LogP contribution in [0.3, 0.4) is 0 Å². The lowest BCUT2D eigenvalue weighted by Gasteiger charge is -2.24. The van der Waals surface area contributed by atoms with Gasteiger partial charge in [-0.15, -0.1) is 0 Å². The smallest absolute Gasteiger partial charge is 0.139 e. The summed E-state index contributed by atoms with van der Waals surface area (Å²) in [7, 11) is 0. The molecule has 0 saturated heterocycles. The van der Waals surface area contributed by atoms with E-state index in [1.807, 2.05) is 52.0 Å². The van der Waals surface area contributed by atoms with Crippen LogP contribution < -0.4 is 0 Å². The molecule has 0 aliphatic heterocycles. The first-order valence-corrected chi connectivity index (χ1v) is 7.97. The summed E-state index contributed by atoms with van der Waals surface area (Å²) in [5.74, 6) is 3.77. The molecule has 0 fully saturated rings. The van der Waals surface area contributed by atoms with Gasteiger partial charge in [0, 0.05) is 23.7 Å². The molecule has 0 saturated carbocycles. The highest BCUT2D eigenvalue weighted by Gasteiger charge is 2.31. The van der Waals surface area contributed by atoms with Gasteiger partial charge in [0.05, 0.1) is 0 Å². The first-order valence-electron chi connectivity index (χ1n) is 7.97. The second kappa shape index (κ2) is 6.55. The van der Waals surface area contributed by atoms with Crippen molar-refractivity contribution >= 4 is 5.78 Å². The van der Waals surface area contributed by atoms with E-state index in [0.29, 0.717) is 0 Å². The third-order valence-corrected chi connectivity index (χ3v) is 4.82. The molecule has 2 rings (SSSR count). The Kier molecular flexibility index (Phi) is 4.94. The van der Waals surface area contributed by atoms with Crippen molar-refractivity contribution in [2.45, 2.75) is 53.4 Å². The monoisotopic (exact) mass is 302 g/mol. The van der Waals surface area contributed by atoms with E-state index in [0.717, 1.165) is 23.0 Å². The molecule has 22 heavy (non-hydrogen) atoms. The maximum absolute atomic E-state index is 12.8. The van der Waals surface area contributed by atoms with Crippen LogP contribution in [-0.2, 0) is 4.79 Å². The molecule has 0 aliphatic carbocycles. The van der Waals surface area contributed by atoms with Crippen LogP contribution in [0.4, 0.5) is 0 Å². The standard InChI is InChI=1S/C19H26O3/c1-11-7-9-17(21-11)13(3)15(5)19(20)16(6)14(4)18-10-8-12(2)22-18/h7-10,13-16H,1-6H3. The van der Waals surface area contributed by atoms with Gasteiger partial charge in [0.15, 0.2) is 0 Å². The first-order chi connectivity index (χ1) is 10.3.